The number of ether oxygens (including phenoxy) is 1. The first-order valence-electron chi connectivity index (χ1n) is 1.78. The Morgan fingerprint density at radius 2 is 1.78 bits per heavy atom. The summed E-state index contributed by atoms with van der Waals surface area (Å²) >= 11 is 0. The van der Waals surface area contributed by atoms with Gasteiger partial charge in [-0.3, -0.25) is 0 Å². The molecule has 0 amide bonds. The predicted molar refractivity (Wildman–Crippen MR) is 17.5 cm³/mol. The summed E-state index contributed by atoms with van der Waals surface area (Å²) in [5.41, 5.74) is 0. The van der Waals surface area contributed by atoms with Crippen LogP contribution in [-0.4, -0.2) is 13.0 Å². The minimum Gasteiger partial charge on any atom is -0.245 e. The van der Waals surface area contributed by atoms with Crippen LogP contribution in [0.1, 0.15) is 0 Å². The van der Waals surface area contributed by atoms with Gasteiger partial charge in [0.05, 0.1) is 0 Å². The minimum absolute atomic E-state index is 1.88. The van der Waals surface area contributed by atoms with Crippen molar-refractivity contribution in [3.63, 3.8) is 0 Å². The molecule has 9 heavy (non-hydrogen) atoms. The maximum atomic E-state index is 11.2. The summed E-state index contributed by atoms with van der Waals surface area (Å²) < 4.78 is 57.1. The minimum atomic E-state index is -5.13. The molecular formula is C3H2F5O. The topological polar surface area (TPSA) is 9.23 Å². The van der Waals surface area contributed by atoms with E-state index in [-0.39, 0.29) is 0 Å². The fourth-order valence-electron chi connectivity index (χ4n) is 0.153. The molecule has 0 aliphatic carbocycles. The SMILES string of the molecule is FC[C](F)OC(F)(F)F. The van der Waals surface area contributed by atoms with Crippen LogP contribution >= 0.6 is 0 Å². The van der Waals surface area contributed by atoms with E-state index in [1.807, 2.05) is 0 Å². The highest BCUT2D eigenvalue weighted by atomic mass is 19.4. The van der Waals surface area contributed by atoms with Crippen LogP contribution in [0.4, 0.5) is 22.0 Å². The van der Waals surface area contributed by atoms with E-state index in [0.717, 1.165) is 0 Å². The van der Waals surface area contributed by atoms with Gasteiger partial charge in [0.15, 0.2) is 6.67 Å². The molecule has 0 aromatic heterocycles. The molecule has 0 aromatic rings. The molecule has 0 bridgehead atoms. The summed E-state index contributed by atoms with van der Waals surface area (Å²) in [5.74, 6) is 0. The van der Waals surface area contributed by atoms with Crippen LogP contribution in [0.3, 0.4) is 0 Å². The fraction of sp³-hybridized carbons (Fsp3) is 0.667. The molecule has 0 atom stereocenters. The summed E-state index contributed by atoms with van der Waals surface area (Å²) in [7, 11) is 0. The van der Waals surface area contributed by atoms with Crippen LogP contribution in [0, 0.1) is 6.36 Å². The highest BCUT2D eigenvalue weighted by Gasteiger charge is 2.34. The van der Waals surface area contributed by atoms with Gasteiger partial charge < -0.3 is 0 Å². The smallest absolute Gasteiger partial charge is 0.245 e. The first-order valence-corrected chi connectivity index (χ1v) is 1.78. The van der Waals surface area contributed by atoms with Crippen molar-refractivity contribution in [3.05, 3.63) is 6.36 Å². The normalized spacial score (nSPS) is 12.7. The number of halogens is 5. The van der Waals surface area contributed by atoms with E-state index in [2.05, 4.69) is 4.74 Å². The van der Waals surface area contributed by atoms with E-state index in [1.54, 1.807) is 0 Å². The van der Waals surface area contributed by atoms with Crippen LogP contribution in [0.5, 0.6) is 0 Å². The maximum Gasteiger partial charge on any atom is 0.525 e. The second-order valence-corrected chi connectivity index (χ2v) is 1.04. The zero-order chi connectivity index (χ0) is 7.49. The zero-order valence-electron chi connectivity index (χ0n) is 4.01. The lowest BCUT2D eigenvalue weighted by molar-refractivity contribution is -0.333. The number of hydrogen-bond donors (Lipinski definition) is 0. The predicted octanol–water partition coefficient (Wildman–Crippen LogP) is 1.95. The number of rotatable bonds is 2. The Labute approximate surface area is 47.4 Å². The molecule has 0 heterocycles. The molecular weight excluding hydrogens is 147 g/mol. The van der Waals surface area contributed by atoms with Crippen molar-refractivity contribution in [2.75, 3.05) is 6.67 Å². The van der Waals surface area contributed by atoms with Gasteiger partial charge in [0.25, 0.3) is 0 Å². The molecule has 0 N–H and O–H groups in total. The quantitative estimate of drug-likeness (QED) is 0.545. The molecule has 0 fully saturated rings. The van der Waals surface area contributed by atoms with E-state index in [0.29, 0.717) is 0 Å². The molecule has 0 aliphatic rings. The third-order valence-corrected chi connectivity index (χ3v) is 0.332. The lowest BCUT2D eigenvalue weighted by Crippen LogP contribution is -2.16. The first kappa shape index (κ1) is 8.61. The molecule has 55 valence electrons. The number of hydrogen-bond acceptors (Lipinski definition) is 1. The maximum absolute atomic E-state index is 11.2. The average Bonchev–Trinajstić information content (AvgIpc) is 1.62. The molecule has 1 nitrogen and oxygen atoms in total. The van der Waals surface area contributed by atoms with Gasteiger partial charge in [-0.1, -0.05) is 0 Å². The van der Waals surface area contributed by atoms with Crippen LogP contribution in [-0.2, 0) is 4.74 Å². The molecule has 1 radical (unpaired) electrons. The lowest BCUT2D eigenvalue weighted by Gasteiger charge is -2.05. The molecule has 0 saturated carbocycles. The standard InChI is InChI=1S/C3H2F5O/c4-1-2(5)9-3(6,7)8/h1H2. The molecule has 0 rings (SSSR count). The Balaban J connectivity index is 3.47. The highest BCUT2D eigenvalue weighted by Crippen LogP contribution is 2.22. The van der Waals surface area contributed by atoms with E-state index < -0.39 is 19.4 Å². The second-order valence-electron chi connectivity index (χ2n) is 1.04. The molecule has 0 aromatic carbocycles. The van der Waals surface area contributed by atoms with Crippen molar-refractivity contribution in [1.82, 2.24) is 0 Å². The number of alkyl halides is 4. The average molecular weight is 149 g/mol. The van der Waals surface area contributed by atoms with Crippen LogP contribution in [0.2, 0.25) is 0 Å². The van der Waals surface area contributed by atoms with E-state index in [9.17, 15) is 22.0 Å². The Hall–Kier alpha value is -0.390. The van der Waals surface area contributed by atoms with Crippen molar-refractivity contribution in [2.45, 2.75) is 6.36 Å². The van der Waals surface area contributed by atoms with Gasteiger partial charge in [0, 0.05) is 0 Å². The molecule has 0 spiro atoms. The third-order valence-electron chi connectivity index (χ3n) is 0.332. The largest absolute Gasteiger partial charge is 0.525 e. The molecule has 0 saturated heterocycles. The van der Waals surface area contributed by atoms with Gasteiger partial charge in [-0.25, -0.2) is 13.5 Å². The van der Waals surface area contributed by atoms with Crippen LogP contribution in [0.15, 0.2) is 0 Å². The van der Waals surface area contributed by atoms with Crippen molar-refractivity contribution < 1.29 is 26.7 Å². The molecule has 0 aliphatic heterocycles. The van der Waals surface area contributed by atoms with Gasteiger partial charge >= 0.3 is 12.7 Å². The highest BCUT2D eigenvalue weighted by molar-refractivity contribution is 4.58. The van der Waals surface area contributed by atoms with E-state index in [1.165, 1.54) is 0 Å². The summed E-state index contributed by atoms with van der Waals surface area (Å²) in [6, 6.07) is 0. The van der Waals surface area contributed by atoms with Gasteiger partial charge in [0.1, 0.15) is 0 Å². The Morgan fingerprint density at radius 1 is 1.33 bits per heavy atom. The molecule has 0 unspecified atom stereocenters. The van der Waals surface area contributed by atoms with Crippen molar-refractivity contribution in [3.8, 4) is 0 Å². The zero-order valence-corrected chi connectivity index (χ0v) is 4.01. The summed E-state index contributed by atoms with van der Waals surface area (Å²) in [6.07, 6.45) is -7.31. The Morgan fingerprint density at radius 3 is 1.89 bits per heavy atom. The van der Waals surface area contributed by atoms with Crippen molar-refractivity contribution in [1.29, 1.82) is 0 Å². The summed E-state index contributed by atoms with van der Waals surface area (Å²) in [4.78, 5) is 0. The fourth-order valence-corrected chi connectivity index (χ4v) is 0.153. The summed E-state index contributed by atoms with van der Waals surface area (Å²) in [5, 5.41) is 0. The second kappa shape index (κ2) is 2.95. The van der Waals surface area contributed by atoms with Crippen LogP contribution < -0.4 is 0 Å². The van der Waals surface area contributed by atoms with Crippen molar-refractivity contribution in [2.24, 2.45) is 0 Å². The lowest BCUT2D eigenvalue weighted by atomic mass is 10.8. The van der Waals surface area contributed by atoms with Gasteiger partial charge in [-0.15, -0.1) is 13.2 Å². The van der Waals surface area contributed by atoms with Gasteiger partial charge in [-0.05, 0) is 0 Å². The van der Waals surface area contributed by atoms with Gasteiger partial charge in [0.2, 0.25) is 0 Å². The van der Waals surface area contributed by atoms with Crippen molar-refractivity contribution >= 4 is 0 Å². The first-order chi connectivity index (χ1) is 3.95. The van der Waals surface area contributed by atoms with Gasteiger partial charge in [-0.2, -0.15) is 0 Å². The van der Waals surface area contributed by atoms with E-state index >= 15 is 0 Å². The molecule has 6 heteroatoms. The monoisotopic (exact) mass is 149 g/mol. The summed E-state index contributed by atoms with van der Waals surface area (Å²) in [6.45, 7) is -1.88. The van der Waals surface area contributed by atoms with Crippen LogP contribution in [0.25, 0.3) is 0 Å². The van der Waals surface area contributed by atoms with E-state index in [4.69, 9.17) is 0 Å². The Kier molecular flexibility index (Phi) is 2.83. The third kappa shape index (κ3) is 5.48. The Bertz CT molecular complexity index is 78.8.